The lowest BCUT2D eigenvalue weighted by Gasteiger charge is -2.27. The molecule has 0 aliphatic rings. The highest BCUT2D eigenvalue weighted by Crippen LogP contribution is 2.28. The maximum atomic E-state index is 12.6. The van der Waals surface area contributed by atoms with Crippen LogP contribution >= 0.6 is 0 Å². The van der Waals surface area contributed by atoms with E-state index in [1.54, 1.807) is 6.07 Å². The topological polar surface area (TPSA) is 49.4 Å². The second kappa shape index (κ2) is 6.01. The van der Waals surface area contributed by atoms with Gasteiger partial charge < -0.3 is 5.32 Å². The normalized spacial score (nSPS) is 13.0. The number of nitrogens with zero attached hydrogens (tertiary/aromatic N) is 1. The molecule has 0 saturated heterocycles. The van der Waals surface area contributed by atoms with Gasteiger partial charge in [-0.2, -0.15) is 17.5 Å². The molecule has 0 bridgehead atoms. The van der Waals surface area contributed by atoms with Crippen LogP contribution in [0.25, 0.3) is 0 Å². The number of benzene rings is 1. The van der Waals surface area contributed by atoms with E-state index < -0.39 is 28.8 Å². The molecule has 0 spiro atoms. The maximum Gasteiger partial charge on any atom is 0.402 e. The van der Waals surface area contributed by atoms with E-state index in [1.807, 2.05) is 0 Å². The van der Waals surface area contributed by atoms with E-state index in [4.69, 9.17) is 0 Å². The van der Waals surface area contributed by atoms with Crippen LogP contribution in [0.5, 0.6) is 0 Å². The summed E-state index contributed by atoms with van der Waals surface area (Å²) in [5.41, 5.74) is 0.264. The number of anilines is 1. The molecular weight excluding hydrogens is 293 g/mol. The fourth-order valence-corrected chi connectivity index (χ4v) is 3.57. The Morgan fingerprint density at radius 1 is 1.25 bits per heavy atom. The number of para-hydroxylation sites is 1. The van der Waals surface area contributed by atoms with E-state index in [2.05, 4.69) is 5.32 Å². The molecule has 0 atom stereocenters. The summed E-state index contributed by atoms with van der Waals surface area (Å²) in [6, 6.07) is 5.06. The van der Waals surface area contributed by atoms with E-state index in [9.17, 15) is 21.6 Å². The summed E-state index contributed by atoms with van der Waals surface area (Å²) < 4.78 is 63.0. The Bertz CT molecular complexity index is 556. The number of nitrogens with one attached hydrogen (secondary N) is 1. The Balaban J connectivity index is 3.30. The Morgan fingerprint density at radius 3 is 2.25 bits per heavy atom. The van der Waals surface area contributed by atoms with Gasteiger partial charge in [-0.25, -0.2) is 8.42 Å². The number of hydrogen-bond donors (Lipinski definition) is 1. The van der Waals surface area contributed by atoms with E-state index in [-0.39, 0.29) is 10.6 Å². The van der Waals surface area contributed by atoms with Gasteiger partial charge in [0.05, 0.1) is 5.69 Å². The minimum Gasteiger partial charge on any atom is -0.387 e. The molecule has 0 heterocycles. The number of rotatable bonds is 5. The minimum absolute atomic E-state index is 0.166. The molecule has 0 aliphatic carbocycles. The van der Waals surface area contributed by atoms with Gasteiger partial charge in [-0.05, 0) is 26.0 Å². The van der Waals surface area contributed by atoms with Gasteiger partial charge >= 0.3 is 6.18 Å². The van der Waals surface area contributed by atoms with Gasteiger partial charge in [-0.1, -0.05) is 12.1 Å². The molecule has 20 heavy (non-hydrogen) atoms. The molecule has 1 aromatic carbocycles. The molecule has 0 radical (unpaired) electrons. The first kappa shape index (κ1) is 16.8. The third kappa shape index (κ3) is 3.86. The Labute approximate surface area is 116 Å². The van der Waals surface area contributed by atoms with Gasteiger partial charge in [-0.15, -0.1) is 0 Å². The molecule has 114 valence electrons. The smallest absolute Gasteiger partial charge is 0.387 e. The van der Waals surface area contributed by atoms with E-state index in [0.717, 1.165) is 0 Å². The number of halogens is 3. The van der Waals surface area contributed by atoms with Crippen molar-refractivity contribution < 1.29 is 21.6 Å². The van der Waals surface area contributed by atoms with Crippen molar-refractivity contribution in [2.45, 2.75) is 31.0 Å². The molecule has 4 nitrogen and oxygen atoms in total. The maximum absolute atomic E-state index is 12.6. The predicted octanol–water partition coefficient (Wildman–Crippen LogP) is 2.69. The van der Waals surface area contributed by atoms with Gasteiger partial charge in [0.25, 0.3) is 0 Å². The monoisotopic (exact) mass is 310 g/mol. The van der Waals surface area contributed by atoms with Crippen molar-refractivity contribution in [1.82, 2.24) is 4.31 Å². The Kier molecular flexibility index (Phi) is 5.04. The summed E-state index contributed by atoms with van der Waals surface area (Å²) in [4.78, 5) is -0.166. The lowest BCUT2D eigenvalue weighted by Crippen LogP contribution is -2.43. The molecule has 0 unspecified atom stereocenters. The molecule has 0 fully saturated rings. The number of hydrogen-bond acceptors (Lipinski definition) is 3. The number of sulfonamides is 1. The van der Waals surface area contributed by atoms with Crippen molar-refractivity contribution >= 4 is 15.7 Å². The summed E-state index contributed by atoms with van der Waals surface area (Å²) >= 11 is 0. The van der Waals surface area contributed by atoms with Gasteiger partial charge in [0, 0.05) is 13.1 Å². The van der Waals surface area contributed by atoms with Crippen LogP contribution in [0.15, 0.2) is 29.2 Å². The van der Waals surface area contributed by atoms with Crippen molar-refractivity contribution in [1.29, 1.82) is 0 Å². The average Bonchev–Trinajstić information content (AvgIpc) is 2.34. The molecule has 0 amide bonds. The highest BCUT2D eigenvalue weighted by Gasteiger charge is 2.39. The van der Waals surface area contributed by atoms with Crippen LogP contribution < -0.4 is 5.32 Å². The van der Waals surface area contributed by atoms with E-state index in [1.165, 1.54) is 39.1 Å². The summed E-state index contributed by atoms with van der Waals surface area (Å²) in [5.74, 6) is 0. The summed E-state index contributed by atoms with van der Waals surface area (Å²) in [6.07, 6.45) is -4.59. The highest BCUT2D eigenvalue weighted by atomic mass is 32.2. The predicted molar refractivity (Wildman–Crippen MR) is 71.1 cm³/mol. The largest absolute Gasteiger partial charge is 0.402 e. The zero-order valence-corrected chi connectivity index (χ0v) is 12.2. The second-order valence-corrected chi connectivity index (χ2v) is 6.36. The molecule has 0 aliphatic heterocycles. The Hall–Kier alpha value is -1.28. The van der Waals surface area contributed by atoms with Crippen molar-refractivity contribution in [3.63, 3.8) is 0 Å². The van der Waals surface area contributed by atoms with Crippen LogP contribution in [-0.2, 0) is 10.0 Å². The van der Waals surface area contributed by atoms with Crippen molar-refractivity contribution in [3.05, 3.63) is 24.3 Å². The molecule has 1 aromatic rings. The van der Waals surface area contributed by atoms with Crippen LogP contribution in [0, 0.1) is 0 Å². The quantitative estimate of drug-likeness (QED) is 0.909. The molecule has 8 heteroatoms. The van der Waals surface area contributed by atoms with Crippen molar-refractivity contribution in [2.75, 3.05) is 18.9 Å². The molecule has 1 N–H and O–H groups in total. The third-order valence-electron chi connectivity index (χ3n) is 2.65. The third-order valence-corrected chi connectivity index (χ3v) is 4.73. The average molecular weight is 310 g/mol. The fraction of sp³-hybridized carbons (Fsp3) is 0.500. The first-order chi connectivity index (χ1) is 9.09. The van der Waals surface area contributed by atoms with Gasteiger partial charge in [0.1, 0.15) is 11.4 Å². The first-order valence-corrected chi connectivity index (χ1v) is 7.39. The summed E-state index contributed by atoms with van der Waals surface area (Å²) in [6.45, 7) is 1.31. The van der Waals surface area contributed by atoms with Crippen molar-refractivity contribution in [3.8, 4) is 0 Å². The Morgan fingerprint density at radius 2 is 1.80 bits per heavy atom. The van der Waals surface area contributed by atoms with Crippen LogP contribution in [0.3, 0.4) is 0 Å². The highest BCUT2D eigenvalue weighted by molar-refractivity contribution is 7.89. The van der Waals surface area contributed by atoms with Crippen LogP contribution in [-0.4, -0.2) is 38.5 Å². The van der Waals surface area contributed by atoms with E-state index >= 15 is 0 Å². The summed E-state index contributed by atoms with van der Waals surface area (Å²) in [5, 5.41) is 2.67. The van der Waals surface area contributed by atoms with E-state index in [0.29, 0.717) is 4.31 Å². The van der Waals surface area contributed by atoms with Gasteiger partial charge in [-0.3, -0.25) is 0 Å². The van der Waals surface area contributed by atoms with Gasteiger partial charge in [0.2, 0.25) is 10.0 Å². The molecule has 0 aromatic heterocycles. The zero-order chi connectivity index (χ0) is 15.6. The van der Waals surface area contributed by atoms with Gasteiger partial charge in [0.15, 0.2) is 0 Å². The number of alkyl halides is 3. The minimum atomic E-state index is -4.59. The first-order valence-electron chi connectivity index (χ1n) is 5.95. The fourth-order valence-electron chi connectivity index (χ4n) is 1.75. The zero-order valence-electron chi connectivity index (χ0n) is 11.4. The SMILES string of the molecule is CNc1ccccc1S(=O)(=O)N(CC(F)(F)F)C(C)C. The lowest BCUT2D eigenvalue weighted by atomic mass is 10.3. The molecule has 1 rings (SSSR count). The molecular formula is C12H17F3N2O2S. The standard InChI is InChI=1S/C12H17F3N2O2S/c1-9(2)17(8-12(13,14)15)20(18,19)11-7-5-4-6-10(11)16-3/h4-7,9,16H,8H2,1-3H3. The van der Waals surface area contributed by atoms with Crippen molar-refractivity contribution in [2.24, 2.45) is 0 Å². The van der Waals surface area contributed by atoms with Crippen LogP contribution in [0.1, 0.15) is 13.8 Å². The lowest BCUT2D eigenvalue weighted by molar-refractivity contribution is -0.138. The van der Waals surface area contributed by atoms with Crippen LogP contribution in [0.4, 0.5) is 18.9 Å². The molecule has 0 saturated carbocycles. The second-order valence-electron chi connectivity index (χ2n) is 4.51. The summed E-state index contributed by atoms with van der Waals surface area (Å²) in [7, 11) is -2.71. The van der Waals surface area contributed by atoms with Crippen LogP contribution in [0.2, 0.25) is 0 Å².